The summed E-state index contributed by atoms with van der Waals surface area (Å²) < 4.78 is 0. The molecule has 3 aromatic carbocycles. The Morgan fingerprint density at radius 2 is 1.67 bits per heavy atom. The maximum atomic E-state index is 10.3. The zero-order chi connectivity index (χ0) is 19.6. The molecule has 5 heteroatoms. The SMILES string of the molecule is C[N-]Cc1cc(C)ccc1Pc1cc(Cc2ccccc2)ccc1O.[Cl][Ti+]. The molecule has 1 unspecified atom stereocenters. The van der Waals surface area contributed by atoms with Crippen LogP contribution in [-0.4, -0.2) is 12.2 Å². The Labute approximate surface area is 179 Å². The molecule has 2 nitrogen and oxygen atoms in total. The van der Waals surface area contributed by atoms with Gasteiger partial charge in [-0.3, -0.25) is 0 Å². The molecule has 0 radical (unpaired) electrons. The van der Waals surface area contributed by atoms with E-state index in [1.165, 1.54) is 46.9 Å². The fourth-order valence-electron chi connectivity index (χ4n) is 2.92. The molecule has 0 aliphatic heterocycles. The number of hydrogen-bond acceptors (Lipinski definition) is 1. The second kappa shape index (κ2) is 11.6. The fourth-order valence-corrected chi connectivity index (χ4v) is 4.15. The van der Waals surface area contributed by atoms with Gasteiger partial charge in [-0.2, -0.15) is 7.05 Å². The van der Waals surface area contributed by atoms with E-state index >= 15 is 0 Å². The van der Waals surface area contributed by atoms with Crippen LogP contribution in [0.15, 0.2) is 66.7 Å². The van der Waals surface area contributed by atoms with E-state index in [0.29, 0.717) is 20.9 Å². The number of aromatic hydroxyl groups is 1. The van der Waals surface area contributed by atoms with E-state index in [0.717, 1.165) is 11.7 Å². The van der Waals surface area contributed by atoms with Crippen LogP contribution in [-0.2, 0) is 32.3 Å². The van der Waals surface area contributed by atoms with E-state index < -0.39 is 0 Å². The van der Waals surface area contributed by atoms with Crippen LogP contribution in [0.1, 0.15) is 22.3 Å². The summed E-state index contributed by atoms with van der Waals surface area (Å²) in [7, 11) is 6.91. The van der Waals surface area contributed by atoms with Gasteiger partial charge < -0.3 is 10.4 Å². The molecule has 27 heavy (non-hydrogen) atoms. The summed E-state index contributed by atoms with van der Waals surface area (Å²) in [6, 6.07) is 22.9. The quantitative estimate of drug-likeness (QED) is 0.427. The number of aryl methyl sites for hydroxylation is 1. The molecule has 3 aromatic rings. The average molecular weight is 432 g/mol. The minimum atomic E-state index is 0.370. The molecule has 0 aromatic heterocycles. The number of nitrogens with zero attached hydrogens (tertiary/aromatic N) is 1. The molecule has 0 spiro atoms. The van der Waals surface area contributed by atoms with E-state index in [4.69, 9.17) is 0 Å². The minimum absolute atomic E-state index is 0.370. The summed E-state index contributed by atoms with van der Waals surface area (Å²) in [5.41, 5.74) is 4.99. The number of hydrogen-bond donors (Lipinski definition) is 1. The predicted octanol–water partition coefficient (Wildman–Crippen LogP) is 5.11. The van der Waals surface area contributed by atoms with Crippen LogP contribution >= 0.6 is 17.9 Å². The Bertz CT molecular complexity index is 858. The monoisotopic (exact) mass is 431 g/mol. The van der Waals surface area contributed by atoms with E-state index in [-0.39, 0.29) is 0 Å². The van der Waals surface area contributed by atoms with Gasteiger partial charge in [0.25, 0.3) is 0 Å². The molecule has 0 amide bonds. The van der Waals surface area contributed by atoms with E-state index in [2.05, 4.69) is 70.1 Å². The van der Waals surface area contributed by atoms with Crippen molar-refractivity contribution in [2.24, 2.45) is 0 Å². The van der Waals surface area contributed by atoms with Crippen molar-refractivity contribution in [2.45, 2.75) is 19.9 Å². The molecule has 0 bridgehead atoms. The van der Waals surface area contributed by atoms with Crippen molar-refractivity contribution in [3.8, 4) is 5.75 Å². The van der Waals surface area contributed by atoms with Crippen molar-refractivity contribution in [3.63, 3.8) is 0 Å². The number of halogens is 1. The van der Waals surface area contributed by atoms with Crippen LogP contribution < -0.4 is 10.6 Å². The standard InChI is InChI=1S/C22H23NOP.ClH.Ti/c1-16-8-11-21(19(12-16)15-23-2)25-22-14-18(9-10-20(22)24)13-17-6-4-3-5-7-17;;/h3-12,14,24-25H,13,15H2,1-2H3;1H;/q-1;;+2/p-1. The van der Waals surface area contributed by atoms with Gasteiger partial charge in [0, 0.05) is 5.30 Å². The van der Waals surface area contributed by atoms with Crippen molar-refractivity contribution in [1.82, 2.24) is 0 Å². The molecule has 0 aliphatic rings. The first-order valence-electron chi connectivity index (χ1n) is 8.62. The van der Waals surface area contributed by atoms with Crippen molar-refractivity contribution in [1.29, 1.82) is 0 Å². The topological polar surface area (TPSA) is 34.3 Å². The molecular formula is C22H23ClNOPTi. The van der Waals surface area contributed by atoms with Crippen molar-refractivity contribution < 1.29 is 24.5 Å². The van der Waals surface area contributed by atoms with Crippen LogP contribution in [0, 0.1) is 6.92 Å². The Morgan fingerprint density at radius 3 is 2.37 bits per heavy atom. The summed E-state index contributed by atoms with van der Waals surface area (Å²) in [4.78, 5) is 0. The number of rotatable bonds is 6. The summed E-state index contributed by atoms with van der Waals surface area (Å²) in [6.07, 6.45) is 0.879. The van der Waals surface area contributed by atoms with Crippen LogP contribution in [0.4, 0.5) is 0 Å². The van der Waals surface area contributed by atoms with Crippen LogP contribution in [0.3, 0.4) is 0 Å². The molecule has 1 atom stereocenters. The number of phenols is 1. The number of phenolic OH excluding ortho intramolecular Hbond substituents is 1. The Hall–Kier alpha value is -1.15. The molecule has 0 saturated heterocycles. The van der Waals surface area contributed by atoms with Gasteiger partial charge in [-0.05, 0) is 41.9 Å². The number of benzene rings is 3. The molecule has 0 heterocycles. The molecule has 3 rings (SSSR count). The first-order valence-corrected chi connectivity index (χ1v) is 11.8. The third kappa shape index (κ3) is 6.75. The Morgan fingerprint density at radius 1 is 0.926 bits per heavy atom. The van der Waals surface area contributed by atoms with Gasteiger partial charge in [0.05, 0.1) is 0 Å². The average Bonchev–Trinajstić information content (AvgIpc) is 2.69. The Kier molecular flexibility index (Phi) is 9.55. The van der Waals surface area contributed by atoms with Crippen molar-refractivity contribution >= 4 is 28.5 Å². The molecule has 0 aliphatic carbocycles. The zero-order valence-electron chi connectivity index (χ0n) is 15.5. The Balaban J connectivity index is 0.00000126. The molecule has 0 saturated carbocycles. The van der Waals surface area contributed by atoms with Gasteiger partial charge in [0.2, 0.25) is 0 Å². The van der Waals surface area contributed by atoms with E-state index in [1.807, 2.05) is 25.2 Å². The van der Waals surface area contributed by atoms with E-state index in [9.17, 15) is 5.11 Å². The van der Waals surface area contributed by atoms with Crippen molar-refractivity contribution in [2.75, 3.05) is 7.05 Å². The predicted molar refractivity (Wildman–Crippen MR) is 115 cm³/mol. The fraction of sp³-hybridized carbons (Fsp3) is 0.182. The van der Waals surface area contributed by atoms with Crippen LogP contribution in [0.2, 0.25) is 0 Å². The zero-order valence-corrected chi connectivity index (χ0v) is 18.9. The summed E-state index contributed by atoms with van der Waals surface area (Å²) >= 11 is 1.47. The van der Waals surface area contributed by atoms with Gasteiger partial charge in [-0.25, -0.2) is 0 Å². The van der Waals surface area contributed by atoms with Gasteiger partial charge in [-0.15, -0.1) is 6.54 Å². The van der Waals surface area contributed by atoms with Gasteiger partial charge >= 0.3 is 28.7 Å². The normalized spacial score (nSPS) is 10.6. The second-order valence-electron chi connectivity index (χ2n) is 6.27. The van der Waals surface area contributed by atoms with Gasteiger partial charge in [-0.1, -0.05) is 74.3 Å². The van der Waals surface area contributed by atoms with Gasteiger partial charge in [0.1, 0.15) is 5.75 Å². The van der Waals surface area contributed by atoms with E-state index in [1.54, 1.807) is 0 Å². The second-order valence-corrected chi connectivity index (χ2v) is 7.60. The first kappa shape index (κ1) is 22.1. The summed E-state index contributed by atoms with van der Waals surface area (Å²) in [5, 5.41) is 16.9. The first-order chi connectivity index (χ1) is 13.2. The van der Waals surface area contributed by atoms with Crippen molar-refractivity contribution in [3.05, 3.63) is 94.3 Å². The molecular weight excluding hydrogens is 409 g/mol. The molecule has 1 N–H and O–H groups in total. The molecule has 138 valence electrons. The summed E-state index contributed by atoms with van der Waals surface area (Å²) in [6.45, 7) is 2.82. The third-order valence-corrected chi connectivity index (χ3v) is 5.60. The van der Waals surface area contributed by atoms with Crippen LogP contribution in [0.25, 0.3) is 5.32 Å². The van der Waals surface area contributed by atoms with Crippen LogP contribution in [0.5, 0.6) is 5.75 Å². The molecule has 0 fully saturated rings. The maximum absolute atomic E-state index is 10.3. The third-order valence-electron chi connectivity index (χ3n) is 4.17. The summed E-state index contributed by atoms with van der Waals surface area (Å²) in [5.74, 6) is 0.370. The van der Waals surface area contributed by atoms with Gasteiger partial charge in [0.15, 0.2) is 0 Å².